The summed E-state index contributed by atoms with van der Waals surface area (Å²) in [6.07, 6.45) is 0. The van der Waals surface area contributed by atoms with Crippen LogP contribution in [-0.4, -0.2) is 18.1 Å². The Kier molecular flexibility index (Phi) is 2.79. The van der Waals surface area contributed by atoms with Crippen LogP contribution in [0.15, 0.2) is 32.3 Å². The predicted molar refractivity (Wildman–Crippen MR) is 74.6 cm³/mol. The van der Waals surface area contributed by atoms with E-state index >= 15 is 0 Å². The lowest BCUT2D eigenvalue weighted by molar-refractivity contribution is 0.499. The van der Waals surface area contributed by atoms with Crippen LogP contribution in [0, 0.1) is 0 Å². The molecule has 0 spiro atoms. The number of aliphatic hydroxyl groups excluding tert-OH is 1. The zero-order valence-electron chi connectivity index (χ0n) is 9.99. The molecule has 0 fully saturated rings. The number of hydrogen-bond acceptors (Lipinski definition) is 5. The van der Waals surface area contributed by atoms with Gasteiger partial charge in [0.15, 0.2) is 0 Å². The van der Waals surface area contributed by atoms with Crippen LogP contribution in [0.2, 0.25) is 5.02 Å². The van der Waals surface area contributed by atoms with E-state index in [2.05, 4.69) is 4.40 Å². The van der Waals surface area contributed by atoms with Gasteiger partial charge in [0, 0.05) is 5.02 Å². The fourth-order valence-corrected chi connectivity index (χ4v) is 4.34. The van der Waals surface area contributed by atoms with E-state index in [4.69, 9.17) is 11.6 Å². The summed E-state index contributed by atoms with van der Waals surface area (Å²) in [4.78, 5) is 12.1. The van der Waals surface area contributed by atoms with E-state index in [0.717, 1.165) is 15.9 Å². The average molecular weight is 331 g/mol. The molecule has 2 heterocycles. The van der Waals surface area contributed by atoms with E-state index in [-0.39, 0.29) is 25.7 Å². The molecule has 1 aromatic heterocycles. The largest absolute Gasteiger partial charge is 0.511 e. The van der Waals surface area contributed by atoms with E-state index in [1.165, 1.54) is 25.1 Å². The Morgan fingerprint density at radius 2 is 2.15 bits per heavy atom. The van der Waals surface area contributed by atoms with Crippen molar-refractivity contribution in [3.63, 3.8) is 0 Å². The van der Waals surface area contributed by atoms with E-state index in [1.807, 2.05) is 0 Å². The van der Waals surface area contributed by atoms with Crippen molar-refractivity contribution in [3.8, 4) is 5.69 Å². The highest BCUT2D eigenvalue weighted by molar-refractivity contribution is 7.90. The zero-order chi connectivity index (χ0) is 14.7. The number of fused-ring (bicyclic) bond motifs is 3. The van der Waals surface area contributed by atoms with Crippen LogP contribution in [0.5, 0.6) is 0 Å². The maximum atomic E-state index is 12.2. The van der Waals surface area contributed by atoms with Crippen molar-refractivity contribution in [1.82, 2.24) is 4.57 Å². The molecular formula is C11H7ClN2O4S2. The highest BCUT2D eigenvalue weighted by Gasteiger charge is 2.27. The normalized spacial score (nSPS) is 16.9. The van der Waals surface area contributed by atoms with Gasteiger partial charge in [-0.3, -0.25) is 4.79 Å². The Bertz CT molecular complexity index is 1010. The fourth-order valence-electron chi connectivity index (χ4n) is 1.90. The van der Waals surface area contributed by atoms with Crippen LogP contribution in [0.25, 0.3) is 11.4 Å². The Labute approximate surface area is 122 Å². The minimum absolute atomic E-state index is 0.00633. The molecule has 0 unspecified atom stereocenters. The van der Waals surface area contributed by atoms with Gasteiger partial charge in [-0.15, -0.1) is 4.40 Å². The van der Waals surface area contributed by atoms with Gasteiger partial charge in [0.25, 0.3) is 15.6 Å². The van der Waals surface area contributed by atoms with E-state index in [0.29, 0.717) is 5.02 Å². The Morgan fingerprint density at radius 1 is 1.45 bits per heavy atom. The summed E-state index contributed by atoms with van der Waals surface area (Å²) in [6, 6.07) is 4.11. The molecular weight excluding hydrogens is 324 g/mol. The molecule has 0 aliphatic carbocycles. The summed E-state index contributed by atoms with van der Waals surface area (Å²) >= 11 is 6.68. The van der Waals surface area contributed by atoms with Crippen molar-refractivity contribution in [3.05, 3.63) is 42.9 Å². The van der Waals surface area contributed by atoms with Crippen LogP contribution in [0.4, 0.5) is 0 Å². The first kappa shape index (κ1) is 13.3. The van der Waals surface area contributed by atoms with E-state index in [1.54, 1.807) is 0 Å². The SMILES string of the molecule is C/C(O)=c1/sc2n(c1=O)-c1cc(Cl)ccc1S(=O)(=O)N=2. The van der Waals surface area contributed by atoms with Crippen LogP contribution in [0.3, 0.4) is 0 Å². The third-order valence-electron chi connectivity index (χ3n) is 2.75. The molecule has 3 rings (SSSR count). The average Bonchev–Trinajstić information content (AvgIpc) is 2.65. The third kappa shape index (κ3) is 1.80. The molecule has 2 aromatic rings. The van der Waals surface area contributed by atoms with Crippen molar-refractivity contribution in [1.29, 1.82) is 0 Å². The minimum Gasteiger partial charge on any atom is -0.511 e. The summed E-state index contributed by atoms with van der Waals surface area (Å²) < 4.78 is 28.9. The third-order valence-corrected chi connectivity index (χ3v) is 5.54. The molecule has 104 valence electrons. The quantitative estimate of drug-likeness (QED) is 0.764. The molecule has 0 saturated heterocycles. The van der Waals surface area contributed by atoms with Gasteiger partial charge >= 0.3 is 0 Å². The van der Waals surface area contributed by atoms with Crippen molar-refractivity contribution < 1.29 is 13.5 Å². The molecule has 0 amide bonds. The van der Waals surface area contributed by atoms with Gasteiger partial charge in [-0.05, 0) is 25.1 Å². The Morgan fingerprint density at radius 3 is 2.80 bits per heavy atom. The first-order chi connectivity index (χ1) is 9.31. The number of aromatic nitrogens is 1. The molecule has 9 heteroatoms. The number of aliphatic hydroxyl groups is 1. The number of rotatable bonds is 0. The zero-order valence-corrected chi connectivity index (χ0v) is 12.4. The second-order valence-electron chi connectivity index (χ2n) is 4.12. The van der Waals surface area contributed by atoms with Gasteiger partial charge in [-0.25, -0.2) is 4.57 Å². The van der Waals surface area contributed by atoms with Gasteiger partial charge in [0.2, 0.25) is 4.80 Å². The standard InChI is InChI=1S/C11H7ClN2O4S2/c1-5(15)9-10(16)14-7-4-6(12)2-3-8(7)20(17,18)13-11(14)19-9/h2-4,15H,1H3/b9-5-. The maximum Gasteiger partial charge on any atom is 0.287 e. The number of nitrogens with zero attached hydrogens (tertiary/aromatic N) is 2. The molecule has 0 atom stereocenters. The molecule has 1 aromatic carbocycles. The molecule has 20 heavy (non-hydrogen) atoms. The summed E-state index contributed by atoms with van der Waals surface area (Å²) in [5.41, 5.74) is -0.372. The first-order valence-corrected chi connectivity index (χ1v) is 8.01. The van der Waals surface area contributed by atoms with Gasteiger partial charge in [0.1, 0.15) is 15.2 Å². The Hall–Kier alpha value is -1.64. The molecule has 6 nitrogen and oxygen atoms in total. The summed E-state index contributed by atoms with van der Waals surface area (Å²) in [7, 11) is -3.88. The van der Waals surface area contributed by atoms with Gasteiger partial charge in [-0.1, -0.05) is 22.9 Å². The number of hydrogen-bond donors (Lipinski definition) is 1. The first-order valence-electron chi connectivity index (χ1n) is 5.38. The smallest absolute Gasteiger partial charge is 0.287 e. The fraction of sp³-hybridized carbons (Fsp3) is 0.0909. The predicted octanol–water partition coefficient (Wildman–Crippen LogP) is 0.560. The van der Waals surface area contributed by atoms with Crippen LogP contribution < -0.4 is 14.9 Å². The molecule has 1 aliphatic heterocycles. The number of sulfonamides is 1. The summed E-state index contributed by atoms with van der Waals surface area (Å²) in [5.74, 6) is -0.182. The van der Waals surface area contributed by atoms with Crippen molar-refractivity contribution in [2.75, 3.05) is 0 Å². The lowest BCUT2D eigenvalue weighted by Crippen LogP contribution is -2.34. The number of halogens is 1. The van der Waals surface area contributed by atoms with Gasteiger partial charge < -0.3 is 5.11 Å². The van der Waals surface area contributed by atoms with E-state index in [9.17, 15) is 18.3 Å². The number of benzene rings is 1. The minimum atomic E-state index is -3.88. The highest BCUT2D eigenvalue weighted by Crippen LogP contribution is 2.25. The topological polar surface area (TPSA) is 88.7 Å². The van der Waals surface area contributed by atoms with Crippen molar-refractivity contribution in [2.24, 2.45) is 4.40 Å². The van der Waals surface area contributed by atoms with Gasteiger partial charge in [0.05, 0.1) is 5.69 Å². The molecule has 0 bridgehead atoms. The van der Waals surface area contributed by atoms with Crippen LogP contribution in [0.1, 0.15) is 6.92 Å². The van der Waals surface area contributed by atoms with Crippen LogP contribution in [-0.2, 0) is 10.0 Å². The lowest BCUT2D eigenvalue weighted by atomic mass is 10.3. The van der Waals surface area contributed by atoms with Crippen molar-refractivity contribution >= 4 is 38.7 Å². The molecule has 1 aliphatic rings. The lowest BCUT2D eigenvalue weighted by Gasteiger charge is -2.12. The molecule has 0 saturated carbocycles. The molecule has 0 radical (unpaired) electrons. The van der Waals surface area contributed by atoms with Gasteiger partial charge in [-0.2, -0.15) is 8.42 Å². The van der Waals surface area contributed by atoms with Crippen LogP contribution >= 0.6 is 22.9 Å². The second kappa shape index (κ2) is 4.18. The second-order valence-corrected chi connectivity index (χ2v) is 7.10. The summed E-state index contributed by atoms with van der Waals surface area (Å²) in [6.45, 7) is 1.35. The highest BCUT2D eigenvalue weighted by atomic mass is 35.5. The molecule has 1 N–H and O–H groups in total. The maximum absolute atomic E-state index is 12.2. The monoisotopic (exact) mass is 330 g/mol. The van der Waals surface area contributed by atoms with Crippen molar-refractivity contribution in [2.45, 2.75) is 11.8 Å². The number of thiazole rings is 1. The summed E-state index contributed by atoms with van der Waals surface area (Å²) in [5, 5.41) is 9.79. The Balaban J connectivity index is 2.63. The van der Waals surface area contributed by atoms with E-state index < -0.39 is 15.6 Å².